The summed E-state index contributed by atoms with van der Waals surface area (Å²) < 4.78 is 5.21. The van der Waals surface area contributed by atoms with Crippen LogP contribution in [0.2, 0.25) is 5.02 Å². The number of halogens is 1. The number of aromatic nitrogens is 1. The van der Waals surface area contributed by atoms with Gasteiger partial charge in [0, 0.05) is 5.02 Å². The van der Waals surface area contributed by atoms with E-state index in [1.54, 1.807) is 24.3 Å². The Morgan fingerprint density at radius 2 is 2.16 bits per heavy atom. The molecule has 3 rings (SSSR count). The van der Waals surface area contributed by atoms with Gasteiger partial charge in [-0.1, -0.05) is 22.9 Å². The van der Waals surface area contributed by atoms with Gasteiger partial charge in [-0.15, -0.1) is 0 Å². The lowest BCUT2D eigenvalue weighted by molar-refractivity contribution is -0.323. The number of nitrogens with two attached hydrogens (primary N) is 2. The normalized spacial score (nSPS) is 10.4. The molecule has 2 aromatic heterocycles. The van der Waals surface area contributed by atoms with Gasteiger partial charge in [0.05, 0.1) is 23.9 Å². The number of hydrogen-bond acceptors (Lipinski definition) is 6. The van der Waals surface area contributed by atoms with Crippen LogP contribution in [0.5, 0.6) is 5.75 Å². The van der Waals surface area contributed by atoms with Gasteiger partial charge in [0.2, 0.25) is 0 Å². The number of thiophene rings is 1. The van der Waals surface area contributed by atoms with Crippen molar-refractivity contribution in [1.82, 2.24) is 0 Å². The smallest absolute Gasteiger partial charge is 0.289 e. The van der Waals surface area contributed by atoms with E-state index in [0.717, 1.165) is 11.3 Å². The van der Waals surface area contributed by atoms with Crippen LogP contribution in [0.25, 0.3) is 10.2 Å². The standard InChI is InChI=1S/C16H12ClN5O2S/c1-24-11-3-2-8(17)5-10(11)21-15(23)13-12(19)9-4-7(6-18)14(20)22-16(9)25-13/h2-5H,19H2,1H3,(H2,20,22)(H,21,23)/p+1. The van der Waals surface area contributed by atoms with Crippen LogP contribution in [0, 0.1) is 11.3 Å². The first-order valence-corrected chi connectivity index (χ1v) is 8.22. The summed E-state index contributed by atoms with van der Waals surface area (Å²) >= 11 is 7.12. The third-order valence-electron chi connectivity index (χ3n) is 3.55. The number of benzene rings is 1. The zero-order chi connectivity index (χ0) is 18.1. The van der Waals surface area contributed by atoms with Crippen molar-refractivity contribution in [2.45, 2.75) is 0 Å². The van der Waals surface area contributed by atoms with E-state index in [2.05, 4.69) is 10.3 Å². The molecule has 0 unspecified atom stereocenters. The van der Waals surface area contributed by atoms with Crippen molar-refractivity contribution in [3.05, 3.63) is 39.7 Å². The van der Waals surface area contributed by atoms with Gasteiger partial charge in [0.25, 0.3) is 11.7 Å². The molecular weight excluding hydrogens is 362 g/mol. The lowest BCUT2D eigenvalue weighted by atomic mass is 10.2. The number of methoxy groups -OCH3 is 1. The molecule has 3 aromatic rings. The zero-order valence-corrected chi connectivity index (χ0v) is 14.6. The van der Waals surface area contributed by atoms with Crippen LogP contribution in [0.15, 0.2) is 24.3 Å². The predicted octanol–water partition coefficient (Wildman–Crippen LogP) is 2.67. The van der Waals surface area contributed by atoms with Crippen molar-refractivity contribution >= 4 is 56.3 Å². The summed E-state index contributed by atoms with van der Waals surface area (Å²) in [6.07, 6.45) is 0. The molecule has 0 atom stereocenters. The summed E-state index contributed by atoms with van der Waals surface area (Å²) in [7, 11) is 1.49. The number of nitrogens with zero attached hydrogens (tertiary/aromatic N) is 1. The topological polar surface area (TPSA) is 128 Å². The van der Waals surface area contributed by atoms with Gasteiger partial charge in [-0.3, -0.25) is 10.5 Å². The molecule has 0 fully saturated rings. The van der Waals surface area contributed by atoms with Crippen LogP contribution in [0.1, 0.15) is 15.2 Å². The first kappa shape index (κ1) is 16.8. The molecule has 1 amide bonds. The molecule has 9 heteroatoms. The number of nitrogens with one attached hydrogen (secondary N) is 2. The second-order valence-corrected chi connectivity index (χ2v) is 6.55. The molecule has 6 N–H and O–H groups in total. The van der Waals surface area contributed by atoms with E-state index in [9.17, 15) is 4.79 Å². The number of nitriles is 1. The second kappa shape index (κ2) is 6.47. The fourth-order valence-corrected chi connectivity index (χ4v) is 3.50. The van der Waals surface area contributed by atoms with E-state index in [0.29, 0.717) is 31.6 Å². The molecule has 25 heavy (non-hydrogen) atoms. The average Bonchev–Trinajstić information content (AvgIpc) is 2.90. The Morgan fingerprint density at radius 1 is 1.40 bits per heavy atom. The zero-order valence-electron chi connectivity index (χ0n) is 13.0. The van der Waals surface area contributed by atoms with E-state index >= 15 is 0 Å². The molecule has 0 bridgehead atoms. The van der Waals surface area contributed by atoms with Gasteiger partial charge in [0.1, 0.15) is 22.3 Å². The SMILES string of the molecule is COc1ccc(Cl)cc1NC(=O)c1sc2[nH+]c(N)c(C#N)cc2c1N. The molecule has 0 saturated carbocycles. The highest BCUT2D eigenvalue weighted by atomic mass is 35.5. The number of fused-ring (bicyclic) bond motifs is 1. The summed E-state index contributed by atoms with van der Waals surface area (Å²) in [5, 5.41) is 12.8. The number of pyridine rings is 1. The highest BCUT2D eigenvalue weighted by Gasteiger charge is 2.21. The number of rotatable bonds is 3. The van der Waals surface area contributed by atoms with Gasteiger partial charge in [0.15, 0.2) is 4.83 Å². The molecule has 0 radical (unpaired) electrons. The van der Waals surface area contributed by atoms with Crippen molar-refractivity contribution < 1.29 is 14.5 Å². The maximum Gasteiger partial charge on any atom is 0.289 e. The monoisotopic (exact) mass is 374 g/mol. The van der Waals surface area contributed by atoms with E-state index < -0.39 is 5.91 Å². The van der Waals surface area contributed by atoms with Crippen LogP contribution in [0.4, 0.5) is 17.2 Å². The lowest BCUT2D eigenvalue weighted by Gasteiger charge is -2.10. The molecule has 0 aliphatic rings. The second-order valence-electron chi connectivity index (χ2n) is 5.09. The Bertz CT molecular complexity index is 1040. The maximum atomic E-state index is 12.6. The summed E-state index contributed by atoms with van der Waals surface area (Å²) in [4.78, 5) is 16.4. The molecule has 2 heterocycles. The van der Waals surface area contributed by atoms with Gasteiger partial charge in [-0.05, 0) is 24.3 Å². The lowest BCUT2D eigenvalue weighted by Crippen LogP contribution is -2.12. The summed E-state index contributed by atoms with van der Waals surface area (Å²) in [6, 6.07) is 8.43. The fourth-order valence-electron chi connectivity index (χ4n) is 2.32. The molecule has 0 aliphatic carbocycles. The van der Waals surface area contributed by atoms with E-state index in [1.807, 2.05) is 6.07 Å². The molecule has 0 spiro atoms. The fraction of sp³-hybridized carbons (Fsp3) is 0.0625. The number of aromatic amines is 1. The largest absolute Gasteiger partial charge is 0.495 e. The minimum atomic E-state index is -0.412. The van der Waals surface area contributed by atoms with E-state index in [-0.39, 0.29) is 17.1 Å². The van der Waals surface area contributed by atoms with Crippen molar-refractivity contribution in [2.75, 3.05) is 23.9 Å². The predicted molar refractivity (Wildman–Crippen MR) is 97.9 cm³/mol. The number of hydrogen-bond donors (Lipinski definition) is 3. The Balaban J connectivity index is 2.02. The summed E-state index contributed by atoms with van der Waals surface area (Å²) in [5.41, 5.74) is 12.8. The molecular formula is C16H13ClN5O2S+. The number of ether oxygens (including phenoxy) is 1. The van der Waals surface area contributed by atoms with Gasteiger partial charge in [-0.2, -0.15) is 5.26 Å². The quantitative estimate of drug-likeness (QED) is 0.649. The Hall–Kier alpha value is -3.02. The summed E-state index contributed by atoms with van der Waals surface area (Å²) in [5.74, 6) is 0.282. The Kier molecular flexibility index (Phi) is 4.35. The van der Waals surface area contributed by atoms with Crippen molar-refractivity contribution in [3.8, 4) is 11.8 Å². The Labute approximate surface area is 151 Å². The van der Waals surface area contributed by atoms with Crippen molar-refractivity contribution in [1.29, 1.82) is 5.26 Å². The third kappa shape index (κ3) is 3.03. The first-order valence-electron chi connectivity index (χ1n) is 7.03. The average molecular weight is 375 g/mol. The van der Waals surface area contributed by atoms with Gasteiger partial charge >= 0.3 is 0 Å². The third-order valence-corrected chi connectivity index (χ3v) is 4.92. The number of carbonyl (C=O) groups excluding carboxylic acids is 1. The number of amides is 1. The number of anilines is 3. The van der Waals surface area contributed by atoms with Crippen molar-refractivity contribution in [3.63, 3.8) is 0 Å². The number of carbonyl (C=O) groups is 1. The first-order chi connectivity index (χ1) is 11.9. The minimum absolute atomic E-state index is 0.222. The molecule has 1 aromatic carbocycles. The van der Waals surface area contributed by atoms with Gasteiger partial charge < -0.3 is 15.8 Å². The van der Waals surface area contributed by atoms with E-state index in [4.69, 9.17) is 33.1 Å². The van der Waals surface area contributed by atoms with Crippen LogP contribution in [-0.4, -0.2) is 13.0 Å². The maximum absolute atomic E-state index is 12.6. The van der Waals surface area contributed by atoms with Crippen LogP contribution in [0.3, 0.4) is 0 Å². The van der Waals surface area contributed by atoms with Crippen molar-refractivity contribution in [2.24, 2.45) is 0 Å². The molecule has 0 aliphatic heterocycles. The molecule has 7 nitrogen and oxygen atoms in total. The molecule has 126 valence electrons. The molecule has 0 saturated heterocycles. The van der Waals surface area contributed by atoms with Crippen LogP contribution >= 0.6 is 22.9 Å². The highest BCUT2D eigenvalue weighted by molar-refractivity contribution is 7.20. The minimum Gasteiger partial charge on any atom is -0.495 e. The number of nitrogen functional groups attached to an aromatic ring is 2. The highest BCUT2D eigenvalue weighted by Crippen LogP contribution is 2.34. The van der Waals surface area contributed by atoms with Gasteiger partial charge in [-0.25, -0.2) is 4.98 Å². The van der Waals surface area contributed by atoms with Crippen LogP contribution < -0.4 is 26.5 Å². The van der Waals surface area contributed by atoms with E-state index in [1.165, 1.54) is 7.11 Å². The Morgan fingerprint density at radius 3 is 2.84 bits per heavy atom. The summed E-state index contributed by atoms with van der Waals surface area (Å²) in [6.45, 7) is 0. The number of H-pyrrole nitrogens is 1. The van der Waals surface area contributed by atoms with Crippen LogP contribution in [-0.2, 0) is 0 Å².